The number of hydrogen-bond acceptors (Lipinski definition) is 5. The normalized spacial score (nSPS) is 18.3. The van der Waals surface area contributed by atoms with Crippen molar-refractivity contribution >= 4 is 17.3 Å². The van der Waals surface area contributed by atoms with Crippen molar-refractivity contribution in [3.8, 4) is 0 Å². The monoisotopic (exact) mass is 461 g/mol. The molecule has 2 atom stereocenters. The molecule has 0 radical (unpaired) electrons. The Hall–Kier alpha value is -2.55. The van der Waals surface area contributed by atoms with Gasteiger partial charge >= 0.3 is 0 Å². The molecule has 9 heteroatoms. The van der Waals surface area contributed by atoms with E-state index in [1.165, 1.54) is 23.4 Å². The van der Waals surface area contributed by atoms with Crippen LogP contribution in [-0.4, -0.2) is 49.9 Å². The highest BCUT2D eigenvalue weighted by molar-refractivity contribution is 6.33. The molecule has 0 unspecified atom stereocenters. The number of hydrogen-bond donors (Lipinski definition) is 2. The van der Waals surface area contributed by atoms with Crippen LogP contribution in [0.3, 0.4) is 0 Å². The Balaban J connectivity index is 1.51. The minimum absolute atomic E-state index is 0.00544. The van der Waals surface area contributed by atoms with Crippen LogP contribution >= 0.6 is 11.6 Å². The molecule has 3 aromatic rings. The fourth-order valence-corrected chi connectivity index (χ4v) is 4.57. The Morgan fingerprint density at radius 2 is 1.97 bits per heavy atom. The van der Waals surface area contributed by atoms with Crippen LogP contribution in [0.2, 0.25) is 5.02 Å². The molecule has 1 aliphatic rings. The Morgan fingerprint density at radius 1 is 1.22 bits per heavy atom. The predicted octanol–water partition coefficient (Wildman–Crippen LogP) is 4.06. The number of nitrogens with one attached hydrogen (secondary N) is 1. The number of anilines is 1. The summed E-state index contributed by atoms with van der Waals surface area (Å²) in [4.78, 5) is 6.05. The van der Waals surface area contributed by atoms with Gasteiger partial charge in [0.2, 0.25) is 0 Å². The summed E-state index contributed by atoms with van der Waals surface area (Å²) in [6, 6.07) is 10.7. The first kappa shape index (κ1) is 22.6. The van der Waals surface area contributed by atoms with Gasteiger partial charge in [-0.3, -0.25) is 4.90 Å². The van der Waals surface area contributed by atoms with Gasteiger partial charge in [0.25, 0.3) is 0 Å². The zero-order valence-corrected chi connectivity index (χ0v) is 18.5. The number of benzene rings is 2. The first-order chi connectivity index (χ1) is 15.4. The highest BCUT2D eigenvalue weighted by Crippen LogP contribution is 2.34. The Labute approximate surface area is 190 Å². The molecule has 6 nitrogen and oxygen atoms in total. The van der Waals surface area contributed by atoms with E-state index in [0.717, 1.165) is 30.7 Å². The highest BCUT2D eigenvalue weighted by atomic mass is 35.5. The average Bonchev–Trinajstić information content (AvgIpc) is 3.28. The van der Waals surface area contributed by atoms with E-state index in [0.29, 0.717) is 18.1 Å². The second-order valence-electron chi connectivity index (χ2n) is 8.25. The quantitative estimate of drug-likeness (QED) is 0.555. The number of aromatic nitrogens is 3. The van der Waals surface area contributed by atoms with Gasteiger partial charge in [-0.15, -0.1) is 0 Å². The van der Waals surface area contributed by atoms with E-state index in [-0.39, 0.29) is 18.2 Å². The molecule has 0 saturated carbocycles. The molecule has 1 aliphatic heterocycles. The summed E-state index contributed by atoms with van der Waals surface area (Å²) in [5.41, 5.74) is -0.691. The molecule has 32 heavy (non-hydrogen) atoms. The topological polar surface area (TPSA) is 66.2 Å². The summed E-state index contributed by atoms with van der Waals surface area (Å²) in [6.45, 7) is 3.26. The van der Waals surface area contributed by atoms with Gasteiger partial charge in [-0.05, 0) is 38.0 Å². The van der Waals surface area contributed by atoms with E-state index in [1.54, 1.807) is 0 Å². The van der Waals surface area contributed by atoms with Crippen molar-refractivity contribution in [3.05, 3.63) is 77.3 Å². The lowest BCUT2D eigenvalue weighted by molar-refractivity contribution is -0.0686. The number of piperidine rings is 1. The minimum atomic E-state index is -1.63. The Morgan fingerprint density at radius 3 is 2.62 bits per heavy atom. The van der Waals surface area contributed by atoms with Crippen LogP contribution in [0.1, 0.15) is 25.3 Å². The van der Waals surface area contributed by atoms with Crippen molar-refractivity contribution in [3.63, 3.8) is 0 Å². The third-order valence-electron chi connectivity index (χ3n) is 6.27. The SMILES string of the molecule is C[C@@H](N1CCC(Nc2ccccc2Cl)CC1)[C@](O)(Cn1cncn1)c1ccc(F)cc1F. The Bertz CT molecular complexity index is 1040. The van der Waals surface area contributed by atoms with E-state index in [9.17, 15) is 13.9 Å². The van der Waals surface area contributed by atoms with E-state index >= 15 is 0 Å². The summed E-state index contributed by atoms with van der Waals surface area (Å²) in [5, 5.41) is 20.0. The van der Waals surface area contributed by atoms with Gasteiger partial charge in [-0.25, -0.2) is 18.4 Å². The van der Waals surface area contributed by atoms with Crippen molar-refractivity contribution < 1.29 is 13.9 Å². The van der Waals surface area contributed by atoms with Gasteiger partial charge in [0.15, 0.2) is 0 Å². The fourth-order valence-electron chi connectivity index (χ4n) is 4.38. The van der Waals surface area contributed by atoms with E-state index < -0.39 is 23.3 Å². The summed E-state index contributed by atoms with van der Waals surface area (Å²) in [5.74, 6) is -1.47. The second-order valence-corrected chi connectivity index (χ2v) is 8.66. The van der Waals surface area contributed by atoms with Crippen LogP contribution in [-0.2, 0) is 12.1 Å². The zero-order chi connectivity index (χ0) is 22.7. The van der Waals surface area contributed by atoms with E-state index in [1.807, 2.05) is 31.2 Å². The predicted molar refractivity (Wildman–Crippen MR) is 119 cm³/mol. The summed E-state index contributed by atoms with van der Waals surface area (Å²) in [6.07, 6.45) is 4.50. The lowest BCUT2D eigenvalue weighted by Crippen LogP contribution is -2.55. The van der Waals surface area contributed by atoms with Crippen molar-refractivity contribution in [2.75, 3.05) is 18.4 Å². The van der Waals surface area contributed by atoms with Crippen LogP contribution in [0, 0.1) is 11.6 Å². The maximum atomic E-state index is 14.8. The highest BCUT2D eigenvalue weighted by Gasteiger charge is 2.42. The van der Waals surface area contributed by atoms with Gasteiger partial charge in [0.1, 0.15) is 29.9 Å². The number of rotatable bonds is 7. The number of halogens is 3. The first-order valence-electron chi connectivity index (χ1n) is 10.6. The molecular formula is C23H26ClF2N5O. The summed E-state index contributed by atoms with van der Waals surface area (Å²) < 4.78 is 29.8. The third kappa shape index (κ3) is 4.77. The molecule has 1 aromatic heterocycles. The lowest BCUT2D eigenvalue weighted by Gasteiger charge is -2.44. The smallest absolute Gasteiger partial charge is 0.137 e. The average molecular weight is 462 g/mol. The van der Waals surface area contributed by atoms with Crippen LogP contribution < -0.4 is 5.32 Å². The molecule has 0 aliphatic carbocycles. The van der Waals surface area contributed by atoms with Gasteiger partial charge in [0, 0.05) is 36.8 Å². The van der Waals surface area contributed by atoms with Crippen molar-refractivity contribution in [1.82, 2.24) is 19.7 Å². The molecule has 2 aromatic carbocycles. The summed E-state index contributed by atoms with van der Waals surface area (Å²) in [7, 11) is 0. The molecule has 170 valence electrons. The molecule has 1 fully saturated rings. The van der Waals surface area contributed by atoms with Crippen LogP contribution in [0.15, 0.2) is 55.1 Å². The maximum Gasteiger partial charge on any atom is 0.137 e. The molecule has 2 heterocycles. The number of likely N-dealkylation sites (tertiary alicyclic amines) is 1. The minimum Gasteiger partial charge on any atom is -0.381 e. The van der Waals surface area contributed by atoms with Gasteiger partial charge in [-0.2, -0.15) is 5.10 Å². The molecule has 0 spiro atoms. The lowest BCUT2D eigenvalue weighted by atomic mass is 9.84. The van der Waals surface area contributed by atoms with Gasteiger partial charge < -0.3 is 10.4 Å². The maximum absolute atomic E-state index is 14.8. The fraction of sp³-hybridized carbons (Fsp3) is 0.391. The largest absolute Gasteiger partial charge is 0.381 e. The number of para-hydroxylation sites is 1. The standard InChI is InChI=1S/C23H26ClF2N5O/c1-16(30-10-8-18(9-11-30)29-22-5-3-2-4-20(22)24)23(32,13-31-15-27-14-28-31)19-7-6-17(25)12-21(19)26/h2-7,12,14-16,18,29,32H,8-11,13H2,1H3/t16-,23-/m1/s1. The van der Waals surface area contributed by atoms with Crippen LogP contribution in [0.5, 0.6) is 0 Å². The molecule has 0 amide bonds. The number of aliphatic hydroxyl groups is 1. The van der Waals surface area contributed by atoms with Crippen LogP contribution in [0.25, 0.3) is 0 Å². The third-order valence-corrected chi connectivity index (χ3v) is 6.60. The Kier molecular flexibility index (Phi) is 6.74. The van der Waals surface area contributed by atoms with Crippen LogP contribution in [0.4, 0.5) is 14.5 Å². The second kappa shape index (κ2) is 9.52. The molecule has 0 bridgehead atoms. The van der Waals surface area contributed by atoms with Gasteiger partial charge in [-0.1, -0.05) is 29.8 Å². The first-order valence-corrected chi connectivity index (χ1v) is 11.0. The zero-order valence-electron chi connectivity index (χ0n) is 17.8. The van der Waals surface area contributed by atoms with E-state index in [2.05, 4.69) is 20.3 Å². The molecular weight excluding hydrogens is 436 g/mol. The molecule has 1 saturated heterocycles. The van der Waals surface area contributed by atoms with Gasteiger partial charge in [0.05, 0.1) is 17.3 Å². The van der Waals surface area contributed by atoms with Crippen molar-refractivity contribution in [2.24, 2.45) is 0 Å². The molecule has 4 rings (SSSR count). The molecule has 2 N–H and O–H groups in total. The number of nitrogens with zero attached hydrogens (tertiary/aromatic N) is 4. The summed E-state index contributed by atoms with van der Waals surface area (Å²) >= 11 is 6.26. The van der Waals surface area contributed by atoms with Crippen molar-refractivity contribution in [2.45, 2.75) is 44.0 Å². The van der Waals surface area contributed by atoms with Crippen molar-refractivity contribution in [1.29, 1.82) is 0 Å². The van der Waals surface area contributed by atoms with E-state index in [4.69, 9.17) is 11.6 Å².